The van der Waals surface area contributed by atoms with Gasteiger partial charge in [0.25, 0.3) is 0 Å². The summed E-state index contributed by atoms with van der Waals surface area (Å²) < 4.78 is 0. The molecular formula is C54H74. The third-order valence-electron chi connectivity index (χ3n) is 13.6. The van der Waals surface area contributed by atoms with E-state index in [-0.39, 0.29) is 0 Å². The highest BCUT2D eigenvalue weighted by molar-refractivity contribution is 5.71. The van der Waals surface area contributed by atoms with Gasteiger partial charge in [-0.25, -0.2) is 0 Å². The molecule has 3 unspecified atom stereocenters. The van der Waals surface area contributed by atoms with Crippen molar-refractivity contribution in [1.82, 2.24) is 0 Å². The fourth-order valence-corrected chi connectivity index (χ4v) is 10.3. The van der Waals surface area contributed by atoms with Crippen LogP contribution in [0.1, 0.15) is 156 Å². The molecule has 0 bridgehead atoms. The van der Waals surface area contributed by atoms with Gasteiger partial charge in [0.1, 0.15) is 0 Å². The summed E-state index contributed by atoms with van der Waals surface area (Å²) in [5.74, 6) is 4.40. The smallest absolute Gasteiger partial charge is 0.00647 e. The first-order valence-electron chi connectivity index (χ1n) is 22.3. The Balaban J connectivity index is 0.00000276. The predicted molar refractivity (Wildman–Crippen MR) is 240 cm³/mol. The lowest BCUT2D eigenvalue weighted by Crippen LogP contribution is -2.30. The molecule has 0 nitrogen and oxygen atoms in total. The Morgan fingerprint density at radius 3 is 2.35 bits per heavy atom. The molecule has 2 aromatic rings. The molecule has 0 saturated heterocycles. The molecule has 54 heavy (non-hydrogen) atoms. The summed E-state index contributed by atoms with van der Waals surface area (Å²) in [6, 6.07) is 16.1. The Morgan fingerprint density at radius 1 is 0.889 bits per heavy atom. The number of fused-ring (bicyclic) bond motifs is 1. The lowest BCUT2D eigenvalue weighted by molar-refractivity contribution is 0.122. The molecule has 0 radical (unpaired) electrons. The normalized spacial score (nSPS) is 23.9. The van der Waals surface area contributed by atoms with Crippen molar-refractivity contribution in [2.24, 2.45) is 35.5 Å². The molecule has 0 N–H and O–H groups in total. The molecule has 2 saturated carbocycles. The predicted octanol–water partition coefficient (Wildman–Crippen LogP) is 14.6. The molecule has 290 valence electrons. The maximum Gasteiger partial charge on any atom is -0.00647 e. The van der Waals surface area contributed by atoms with E-state index in [2.05, 4.69) is 140 Å². The van der Waals surface area contributed by atoms with Crippen molar-refractivity contribution < 1.29 is 0 Å². The zero-order chi connectivity index (χ0) is 38.6. The molecule has 4 aliphatic carbocycles. The standard InChI is InChI=1S/C52H68.C2H6/c1-8-40-32-48(35-49(51(40)10-3)34-47-33-45(36(4)5)26-23-37(47)6)50(9-2)38(7)52(30-25-39-24-27-43-19-14-15-20-46(43)31-39)44-22-16-21-42(28-29-44)41-17-12-11-13-18-41;1-2/h9-13,16-18,22,26,28-29,32,34-36,38-39,43,46,52H,8,14-15,19-21,23-25,27,30-31,33H2,1-7H3;1-2H3/b49-34-,50-9?,51-10+;/t38-,39?,43?,46?,52+;/m1./s1. The fraction of sp³-hybridized carbons (Fsp3) is 0.519. The number of rotatable bonds is 11. The second-order valence-electron chi connectivity index (χ2n) is 17.1. The van der Waals surface area contributed by atoms with E-state index in [0.717, 1.165) is 43.4 Å². The lowest BCUT2D eigenvalue weighted by atomic mass is 9.66. The summed E-state index contributed by atoms with van der Waals surface area (Å²) in [5, 5.41) is 2.81. The largest absolute Gasteiger partial charge is 0.0835 e. The van der Waals surface area contributed by atoms with E-state index in [4.69, 9.17) is 0 Å². The first kappa shape index (κ1) is 41.8. The van der Waals surface area contributed by atoms with E-state index >= 15 is 0 Å². The molecule has 0 aliphatic heterocycles. The van der Waals surface area contributed by atoms with E-state index in [1.165, 1.54) is 113 Å². The van der Waals surface area contributed by atoms with Crippen LogP contribution in [0, 0.1) is 35.5 Å². The van der Waals surface area contributed by atoms with Gasteiger partial charge in [0.15, 0.2) is 0 Å². The Bertz CT molecular complexity index is 1850. The van der Waals surface area contributed by atoms with Crippen molar-refractivity contribution in [3.05, 3.63) is 128 Å². The van der Waals surface area contributed by atoms with Gasteiger partial charge in [0, 0.05) is 0 Å². The second kappa shape index (κ2) is 20.5. The highest BCUT2D eigenvalue weighted by Crippen LogP contribution is 2.46. The number of hydrogen-bond acceptors (Lipinski definition) is 0. The fourth-order valence-electron chi connectivity index (χ4n) is 10.3. The summed E-state index contributed by atoms with van der Waals surface area (Å²) in [6.07, 6.45) is 36.8. The molecule has 5 atom stereocenters. The van der Waals surface area contributed by atoms with Crippen LogP contribution in [0.25, 0.3) is 23.3 Å². The van der Waals surface area contributed by atoms with Gasteiger partial charge in [-0.2, -0.15) is 0 Å². The van der Waals surface area contributed by atoms with Crippen molar-refractivity contribution >= 4 is 23.3 Å². The van der Waals surface area contributed by atoms with Crippen LogP contribution in [0.5, 0.6) is 0 Å². The summed E-state index contributed by atoms with van der Waals surface area (Å²) in [6.45, 7) is 20.4. The molecular weight excluding hydrogens is 649 g/mol. The van der Waals surface area contributed by atoms with E-state index < -0.39 is 0 Å². The van der Waals surface area contributed by atoms with Gasteiger partial charge in [-0.3, -0.25) is 0 Å². The van der Waals surface area contributed by atoms with E-state index in [1.54, 1.807) is 5.57 Å². The SMILES string of the molecule is CC.CC=C(c1cc(CC)c(=C\C)/c(=C\C2=C(C)CC=C(C(C)C)C2)c1)[C@@H](C)[C@H](CCC1CCC2CCCCC2C1)C1=CC=C(c2ccccc2)CC=C1. The molecule has 0 aromatic heterocycles. The summed E-state index contributed by atoms with van der Waals surface area (Å²) in [7, 11) is 0. The topological polar surface area (TPSA) is 0 Å². The summed E-state index contributed by atoms with van der Waals surface area (Å²) >= 11 is 0. The molecule has 0 spiro atoms. The van der Waals surface area contributed by atoms with Crippen molar-refractivity contribution in [3.63, 3.8) is 0 Å². The lowest BCUT2D eigenvalue weighted by Gasteiger charge is -2.40. The zero-order valence-corrected chi connectivity index (χ0v) is 35.8. The number of allylic oxidation sites excluding steroid dienone is 12. The number of hydrogen-bond donors (Lipinski definition) is 0. The molecule has 0 heteroatoms. The van der Waals surface area contributed by atoms with Crippen LogP contribution < -0.4 is 10.4 Å². The molecule has 4 aliphatic rings. The Hall–Kier alpha value is -3.38. The average Bonchev–Trinajstić information content (AvgIpc) is 3.46. The van der Waals surface area contributed by atoms with Gasteiger partial charge < -0.3 is 0 Å². The Kier molecular flexibility index (Phi) is 15.9. The van der Waals surface area contributed by atoms with Gasteiger partial charge in [-0.05, 0) is 163 Å². The van der Waals surface area contributed by atoms with E-state index in [0.29, 0.717) is 17.8 Å². The highest BCUT2D eigenvalue weighted by atomic mass is 14.4. The van der Waals surface area contributed by atoms with Crippen LogP contribution in [-0.4, -0.2) is 0 Å². The second-order valence-corrected chi connectivity index (χ2v) is 17.1. The van der Waals surface area contributed by atoms with Gasteiger partial charge in [-0.1, -0.05) is 170 Å². The molecule has 0 amide bonds. The van der Waals surface area contributed by atoms with Crippen LogP contribution in [0.2, 0.25) is 0 Å². The summed E-state index contributed by atoms with van der Waals surface area (Å²) in [4.78, 5) is 0. The van der Waals surface area contributed by atoms with Gasteiger partial charge >= 0.3 is 0 Å². The quantitative estimate of drug-likeness (QED) is 0.203. The maximum absolute atomic E-state index is 2.55. The van der Waals surface area contributed by atoms with Crippen molar-refractivity contribution in [3.8, 4) is 0 Å². The van der Waals surface area contributed by atoms with Crippen LogP contribution in [-0.2, 0) is 6.42 Å². The Labute approximate surface area is 331 Å². The number of benzene rings is 2. The van der Waals surface area contributed by atoms with Crippen LogP contribution in [0.15, 0.2) is 101 Å². The Morgan fingerprint density at radius 2 is 1.65 bits per heavy atom. The van der Waals surface area contributed by atoms with Crippen LogP contribution in [0.3, 0.4) is 0 Å². The van der Waals surface area contributed by atoms with Crippen molar-refractivity contribution in [2.75, 3.05) is 0 Å². The average molecular weight is 723 g/mol. The van der Waals surface area contributed by atoms with E-state index in [1.807, 2.05) is 13.8 Å². The molecule has 2 aromatic carbocycles. The molecule has 0 heterocycles. The van der Waals surface area contributed by atoms with E-state index in [9.17, 15) is 0 Å². The first-order valence-corrected chi connectivity index (χ1v) is 22.3. The highest BCUT2D eigenvalue weighted by Gasteiger charge is 2.33. The van der Waals surface area contributed by atoms with Crippen molar-refractivity contribution in [2.45, 2.75) is 146 Å². The van der Waals surface area contributed by atoms with Crippen LogP contribution >= 0.6 is 0 Å². The minimum Gasteiger partial charge on any atom is -0.0835 e. The number of aryl methyl sites for hydroxylation is 1. The zero-order valence-electron chi connectivity index (χ0n) is 35.8. The van der Waals surface area contributed by atoms with Gasteiger partial charge in [0.2, 0.25) is 0 Å². The maximum atomic E-state index is 2.55. The minimum atomic E-state index is 0.415. The first-order chi connectivity index (χ1) is 26.3. The summed E-state index contributed by atoms with van der Waals surface area (Å²) in [5.41, 5.74) is 13.3. The van der Waals surface area contributed by atoms with Gasteiger partial charge in [-0.15, -0.1) is 0 Å². The third kappa shape index (κ3) is 10.3. The van der Waals surface area contributed by atoms with Crippen LogP contribution in [0.4, 0.5) is 0 Å². The third-order valence-corrected chi connectivity index (χ3v) is 13.6. The minimum absolute atomic E-state index is 0.415. The molecule has 6 rings (SSSR count). The van der Waals surface area contributed by atoms with Crippen molar-refractivity contribution in [1.29, 1.82) is 0 Å². The molecule has 2 fully saturated rings. The van der Waals surface area contributed by atoms with Gasteiger partial charge in [0.05, 0.1) is 0 Å². The monoisotopic (exact) mass is 723 g/mol.